The van der Waals surface area contributed by atoms with Gasteiger partial charge in [-0.25, -0.2) is 29.1 Å². The van der Waals surface area contributed by atoms with Crippen LogP contribution in [0.4, 0.5) is 20.3 Å². The topological polar surface area (TPSA) is 275 Å². The lowest BCUT2D eigenvalue weighted by molar-refractivity contribution is -0.148. The Morgan fingerprint density at radius 1 is 0.603 bits per heavy atom. The number of rotatable bonds is 20. The minimum absolute atomic E-state index is 0.000842. The summed E-state index contributed by atoms with van der Waals surface area (Å²) in [7, 11) is 1.15. The van der Waals surface area contributed by atoms with Crippen molar-refractivity contribution in [1.82, 2.24) is 41.5 Å². The fourth-order valence-corrected chi connectivity index (χ4v) is 7.65. The summed E-state index contributed by atoms with van der Waals surface area (Å²) >= 11 is 0. The third kappa shape index (κ3) is 19.7. The fraction of sp³-hybridized carbons (Fsp3) is 0.538. The Morgan fingerprint density at radius 2 is 1.05 bits per heavy atom. The van der Waals surface area contributed by atoms with Crippen molar-refractivity contribution in [1.29, 1.82) is 0 Å². The van der Waals surface area contributed by atoms with Crippen molar-refractivity contribution in [2.24, 2.45) is 0 Å². The predicted octanol–water partition coefficient (Wildman–Crippen LogP) is 5.06. The summed E-state index contributed by atoms with van der Waals surface area (Å²) in [5, 5.41) is 16.2. The van der Waals surface area contributed by atoms with Crippen LogP contribution in [0, 0.1) is 0 Å². The van der Waals surface area contributed by atoms with Gasteiger partial charge in [0.15, 0.2) is 5.54 Å². The Morgan fingerprint density at radius 3 is 1.56 bits per heavy atom. The van der Waals surface area contributed by atoms with E-state index in [9.17, 15) is 38.4 Å². The molecule has 4 rings (SSSR count). The molecule has 398 valence electrons. The first kappa shape index (κ1) is 58.3. The van der Waals surface area contributed by atoms with E-state index in [1.54, 1.807) is 117 Å². The number of anilines is 1. The molecule has 7 amide bonds. The fourth-order valence-electron chi connectivity index (χ4n) is 7.65. The number of benzene rings is 2. The molecule has 3 aromatic rings. The largest absolute Gasteiger partial charge is 0.467 e. The highest BCUT2D eigenvalue weighted by Crippen LogP contribution is 2.26. The number of nitrogens with zero attached hydrogens (tertiary/aromatic N) is 3. The third-order valence-corrected chi connectivity index (χ3v) is 11.0. The zero-order chi connectivity index (χ0) is 54.1. The number of carbonyl (C=O) groups excluding carboxylic acids is 8. The summed E-state index contributed by atoms with van der Waals surface area (Å²) in [4.78, 5) is 120. The van der Waals surface area contributed by atoms with E-state index in [1.807, 2.05) is 13.0 Å². The molecule has 1 aliphatic heterocycles. The van der Waals surface area contributed by atoms with Crippen LogP contribution in [0.5, 0.6) is 0 Å². The van der Waals surface area contributed by atoms with Crippen LogP contribution in [0.3, 0.4) is 0 Å². The van der Waals surface area contributed by atoms with E-state index in [1.165, 1.54) is 17.3 Å². The van der Waals surface area contributed by atoms with Gasteiger partial charge in [0.05, 0.1) is 13.7 Å². The number of hydrogen-bond donors (Lipinski definition) is 6. The highest BCUT2D eigenvalue weighted by atomic mass is 16.6. The molecule has 0 saturated carbocycles. The van der Waals surface area contributed by atoms with Crippen molar-refractivity contribution >= 4 is 53.8 Å². The summed E-state index contributed by atoms with van der Waals surface area (Å²) < 4.78 is 21.3. The number of likely N-dealkylation sites (tertiary alicyclic amines) is 1. The van der Waals surface area contributed by atoms with Gasteiger partial charge in [-0.3, -0.25) is 24.5 Å². The summed E-state index contributed by atoms with van der Waals surface area (Å²) in [6.07, 6.45) is 1.20. The Bertz CT molecular complexity index is 2370. The number of alkyl carbamates (subject to hydrolysis) is 2. The molecule has 0 spiro atoms. The SMILES string of the molecule is CCCC[C@@H](NC(=O)[C@@H](Cc1ccccc1)NC(=O)[C@@H](Cc1ccccc1)NC(=O)OC(C)(C)C)C(=O)N[C@H](Cc1cnc(NC(=O)OC(C)(C)C)nc1)C(=O)N1CCC(NC(=O)OC(C)(C)C)(C(=O)OC)C1. The number of methoxy groups -OCH3 is 1. The summed E-state index contributed by atoms with van der Waals surface area (Å²) in [6.45, 7) is 16.6. The van der Waals surface area contributed by atoms with Crippen LogP contribution in [-0.2, 0) is 62.2 Å². The zero-order valence-electron chi connectivity index (χ0n) is 43.8. The molecule has 0 bridgehead atoms. The highest BCUT2D eigenvalue weighted by molar-refractivity contribution is 5.96. The molecule has 2 aromatic carbocycles. The quantitative estimate of drug-likeness (QED) is 0.0638. The summed E-state index contributed by atoms with van der Waals surface area (Å²) in [5.41, 5.74) is -2.51. The van der Waals surface area contributed by atoms with Gasteiger partial charge in [-0.1, -0.05) is 80.4 Å². The van der Waals surface area contributed by atoms with Gasteiger partial charge in [-0.05, 0) is 85.4 Å². The Labute approximate surface area is 427 Å². The molecule has 1 aromatic heterocycles. The van der Waals surface area contributed by atoms with Crippen LogP contribution in [0.25, 0.3) is 0 Å². The molecule has 2 heterocycles. The normalized spacial score (nSPS) is 16.3. The predicted molar refractivity (Wildman–Crippen MR) is 270 cm³/mol. The lowest BCUT2D eigenvalue weighted by Crippen LogP contribution is -2.60. The van der Waals surface area contributed by atoms with Crippen molar-refractivity contribution in [3.8, 4) is 0 Å². The number of aromatic nitrogens is 2. The molecule has 1 fully saturated rings. The zero-order valence-corrected chi connectivity index (χ0v) is 43.8. The van der Waals surface area contributed by atoms with Gasteiger partial charge in [-0.2, -0.15) is 0 Å². The lowest BCUT2D eigenvalue weighted by Gasteiger charge is -2.31. The van der Waals surface area contributed by atoms with Crippen LogP contribution >= 0.6 is 0 Å². The smallest absolute Gasteiger partial charge is 0.414 e. The molecular weight excluding hydrogens is 943 g/mol. The Balaban J connectivity index is 1.66. The maximum absolute atomic E-state index is 14.7. The summed E-state index contributed by atoms with van der Waals surface area (Å²) in [6, 6.07) is 12.9. The van der Waals surface area contributed by atoms with Crippen LogP contribution in [-0.4, -0.2) is 129 Å². The third-order valence-electron chi connectivity index (χ3n) is 11.0. The average molecular weight is 1020 g/mol. The van der Waals surface area contributed by atoms with Crippen LogP contribution in [0.15, 0.2) is 73.1 Å². The second-order valence-electron chi connectivity index (χ2n) is 20.9. The van der Waals surface area contributed by atoms with E-state index in [-0.39, 0.29) is 51.1 Å². The molecule has 5 atom stereocenters. The maximum Gasteiger partial charge on any atom is 0.414 e. The molecule has 0 radical (unpaired) electrons. The first-order valence-electron chi connectivity index (χ1n) is 24.4. The molecule has 73 heavy (non-hydrogen) atoms. The summed E-state index contributed by atoms with van der Waals surface area (Å²) in [5.74, 6) is -3.71. The van der Waals surface area contributed by atoms with Crippen LogP contribution < -0.4 is 31.9 Å². The molecule has 0 aliphatic carbocycles. The lowest BCUT2D eigenvalue weighted by atomic mass is 9.99. The number of nitrogens with one attached hydrogen (secondary N) is 6. The number of carbonyl (C=O) groups is 8. The van der Waals surface area contributed by atoms with Gasteiger partial charge in [0, 0.05) is 44.6 Å². The van der Waals surface area contributed by atoms with Crippen LogP contribution in [0.2, 0.25) is 0 Å². The maximum atomic E-state index is 14.7. The second-order valence-corrected chi connectivity index (χ2v) is 20.9. The van der Waals surface area contributed by atoms with E-state index < -0.39 is 94.4 Å². The van der Waals surface area contributed by atoms with Gasteiger partial charge in [0.25, 0.3) is 0 Å². The Hall–Kier alpha value is -7.32. The minimum Gasteiger partial charge on any atom is -0.467 e. The number of unbranched alkanes of at least 4 members (excludes halogenated alkanes) is 1. The van der Waals surface area contributed by atoms with Crippen LogP contribution in [0.1, 0.15) is 112 Å². The first-order valence-corrected chi connectivity index (χ1v) is 24.4. The standard InChI is InChI=1S/C52H73N9O12/c1-12-13-24-36(55-41(63)37(27-33-20-16-14-17-21-33)56-42(64)38(28-34-22-18-15-19-23-34)58-46(67)71-49(2,3)4)40(62)57-39(29-35-30-53-45(54-31-35)59-47(68)72-50(5,6)7)43(65)61-26-25-52(32-61,44(66)70-11)60-48(69)73-51(8,9)10/h14-23,30-31,36-39H,12-13,24-29,32H2,1-11H3,(H,55,63)(H,56,64)(H,57,62)(H,58,67)(H,60,69)(H,53,54,59,68)/t36-,37-,38-,39-,52?/m1/s1. The molecular formula is C52H73N9O12. The minimum atomic E-state index is -1.70. The highest BCUT2D eigenvalue weighted by Gasteiger charge is 2.50. The number of amides is 7. The number of ether oxygens (including phenoxy) is 4. The monoisotopic (exact) mass is 1020 g/mol. The molecule has 1 unspecified atom stereocenters. The van der Waals surface area contributed by atoms with Gasteiger partial charge >= 0.3 is 24.2 Å². The van der Waals surface area contributed by atoms with E-state index in [4.69, 9.17) is 18.9 Å². The van der Waals surface area contributed by atoms with Crippen molar-refractivity contribution < 1.29 is 57.3 Å². The second kappa shape index (κ2) is 25.9. The molecule has 6 N–H and O–H groups in total. The van der Waals surface area contributed by atoms with E-state index in [0.29, 0.717) is 24.0 Å². The molecule has 21 nitrogen and oxygen atoms in total. The van der Waals surface area contributed by atoms with Crippen molar-refractivity contribution in [3.63, 3.8) is 0 Å². The first-order chi connectivity index (χ1) is 34.2. The van der Waals surface area contributed by atoms with Gasteiger partial charge in [0.2, 0.25) is 29.6 Å². The van der Waals surface area contributed by atoms with Gasteiger partial charge < -0.3 is 50.4 Å². The van der Waals surface area contributed by atoms with Crippen molar-refractivity contribution in [2.75, 3.05) is 25.5 Å². The van der Waals surface area contributed by atoms with Crippen molar-refractivity contribution in [2.45, 2.75) is 161 Å². The van der Waals surface area contributed by atoms with Gasteiger partial charge in [0.1, 0.15) is 41.0 Å². The number of hydrogen-bond acceptors (Lipinski definition) is 14. The average Bonchev–Trinajstić information content (AvgIpc) is 3.73. The van der Waals surface area contributed by atoms with E-state index in [0.717, 1.165) is 12.7 Å². The Kier molecular flexibility index (Phi) is 20.6. The van der Waals surface area contributed by atoms with E-state index in [2.05, 4.69) is 41.9 Å². The van der Waals surface area contributed by atoms with Gasteiger partial charge in [-0.15, -0.1) is 0 Å². The molecule has 21 heteroatoms. The molecule has 1 aliphatic rings. The number of esters is 1. The van der Waals surface area contributed by atoms with E-state index >= 15 is 0 Å². The van der Waals surface area contributed by atoms with Crippen molar-refractivity contribution in [3.05, 3.63) is 89.7 Å². The molecule has 1 saturated heterocycles.